The highest BCUT2D eigenvalue weighted by Gasteiger charge is 2.33. The molecular weight excluding hydrogens is 204 g/mol. The molecule has 3 heteroatoms. The molecule has 15 heavy (non-hydrogen) atoms. The third kappa shape index (κ3) is 3.82. The van der Waals surface area contributed by atoms with Crippen molar-refractivity contribution in [3.63, 3.8) is 0 Å². The fourth-order valence-corrected chi connectivity index (χ4v) is 2.82. The van der Waals surface area contributed by atoms with Crippen molar-refractivity contribution in [2.45, 2.75) is 31.3 Å². The van der Waals surface area contributed by atoms with E-state index in [2.05, 4.69) is 16.8 Å². The van der Waals surface area contributed by atoms with E-state index in [9.17, 15) is 0 Å². The molecule has 0 aromatic heterocycles. The molecule has 2 fully saturated rings. The fraction of sp³-hybridized carbons (Fsp3) is 0.833. The lowest BCUT2D eigenvalue weighted by Gasteiger charge is -2.15. The molecule has 1 unspecified atom stereocenters. The molecule has 1 aliphatic heterocycles. The maximum atomic E-state index is 3.72. The van der Waals surface area contributed by atoms with Crippen LogP contribution < -0.4 is 5.32 Å². The third-order valence-corrected chi connectivity index (χ3v) is 4.16. The van der Waals surface area contributed by atoms with E-state index in [0.717, 1.165) is 24.4 Å². The van der Waals surface area contributed by atoms with E-state index in [0.29, 0.717) is 0 Å². The smallest absolute Gasteiger partial charge is 0.0207 e. The van der Waals surface area contributed by atoms with Crippen molar-refractivity contribution in [2.75, 3.05) is 31.1 Å². The summed E-state index contributed by atoms with van der Waals surface area (Å²) in [4.78, 5) is 2.66. The summed E-state index contributed by atoms with van der Waals surface area (Å²) in [7, 11) is 0. The average Bonchev–Trinajstić information content (AvgIpc) is 2.99. The SMILES string of the molecule is C=CCSCCNC1CCN(C2CC2)C1. The zero-order valence-electron chi connectivity index (χ0n) is 9.45. The predicted molar refractivity (Wildman–Crippen MR) is 68.5 cm³/mol. The van der Waals surface area contributed by atoms with Crippen LogP contribution >= 0.6 is 11.8 Å². The Morgan fingerprint density at radius 3 is 3.00 bits per heavy atom. The minimum atomic E-state index is 0.759. The number of rotatable bonds is 7. The fourth-order valence-electron chi connectivity index (χ4n) is 2.23. The summed E-state index contributed by atoms with van der Waals surface area (Å²) < 4.78 is 0. The standard InChI is InChI=1S/C12H22N2S/c1-2-8-15-9-6-13-11-5-7-14(10-11)12-3-4-12/h2,11-13H,1,3-10H2. The molecule has 0 amide bonds. The second kappa shape index (κ2) is 5.92. The predicted octanol–water partition coefficient (Wildman–Crippen LogP) is 1.73. The van der Waals surface area contributed by atoms with Crippen LogP contribution in [0.1, 0.15) is 19.3 Å². The lowest BCUT2D eigenvalue weighted by molar-refractivity contribution is 0.318. The molecule has 0 bridgehead atoms. The Morgan fingerprint density at radius 1 is 1.40 bits per heavy atom. The Bertz CT molecular complexity index is 204. The number of nitrogens with one attached hydrogen (secondary N) is 1. The summed E-state index contributed by atoms with van der Waals surface area (Å²) in [5.74, 6) is 2.30. The highest BCUT2D eigenvalue weighted by molar-refractivity contribution is 7.99. The minimum absolute atomic E-state index is 0.759. The first-order valence-electron chi connectivity index (χ1n) is 6.06. The second-order valence-corrected chi connectivity index (χ2v) is 5.68. The van der Waals surface area contributed by atoms with Crippen LogP contribution in [0.5, 0.6) is 0 Å². The van der Waals surface area contributed by atoms with Gasteiger partial charge < -0.3 is 5.32 Å². The highest BCUT2D eigenvalue weighted by atomic mass is 32.2. The van der Waals surface area contributed by atoms with Gasteiger partial charge in [0.1, 0.15) is 0 Å². The first-order valence-corrected chi connectivity index (χ1v) is 7.21. The van der Waals surface area contributed by atoms with Crippen molar-refractivity contribution in [3.8, 4) is 0 Å². The Morgan fingerprint density at radius 2 is 2.27 bits per heavy atom. The van der Waals surface area contributed by atoms with Gasteiger partial charge in [-0.05, 0) is 19.3 Å². The molecule has 2 aliphatic rings. The van der Waals surface area contributed by atoms with E-state index in [1.165, 1.54) is 38.1 Å². The van der Waals surface area contributed by atoms with Gasteiger partial charge in [-0.25, -0.2) is 0 Å². The zero-order chi connectivity index (χ0) is 10.5. The van der Waals surface area contributed by atoms with Gasteiger partial charge in [-0.1, -0.05) is 6.08 Å². The molecule has 1 aliphatic carbocycles. The molecule has 0 aromatic carbocycles. The van der Waals surface area contributed by atoms with Crippen LogP contribution in [-0.4, -0.2) is 48.1 Å². The van der Waals surface area contributed by atoms with Crippen LogP contribution in [0, 0.1) is 0 Å². The Kier molecular flexibility index (Phi) is 4.54. The summed E-state index contributed by atoms with van der Waals surface area (Å²) in [5, 5.41) is 3.66. The number of thioether (sulfide) groups is 1. The van der Waals surface area contributed by atoms with E-state index < -0.39 is 0 Å². The number of likely N-dealkylation sites (tertiary alicyclic amines) is 1. The molecule has 1 atom stereocenters. The van der Waals surface area contributed by atoms with Gasteiger partial charge in [0.15, 0.2) is 0 Å². The Balaban J connectivity index is 1.50. The van der Waals surface area contributed by atoms with E-state index in [1.54, 1.807) is 0 Å². The maximum absolute atomic E-state index is 3.72. The van der Waals surface area contributed by atoms with Gasteiger partial charge in [0, 0.05) is 43.2 Å². The molecule has 2 rings (SSSR count). The van der Waals surface area contributed by atoms with Crippen LogP contribution in [0.25, 0.3) is 0 Å². The van der Waals surface area contributed by atoms with Crippen LogP contribution in [0.15, 0.2) is 12.7 Å². The third-order valence-electron chi connectivity index (χ3n) is 3.20. The van der Waals surface area contributed by atoms with Gasteiger partial charge in [0.05, 0.1) is 0 Å². The zero-order valence-corrected chi connectivity index (χ0v) is 10.3. The lowest BCUT2D eigenvalue weighted by Crippen LogP contribution is -2.34. The Labute approximate surface area is 97.5 Å². The van der Waals surface area contributed by atoms with Crippen molar-refractivity contribution >= 4 is 11.8 Å². The van der Waals surface area contributed by atoms with E-state index in [-0.39, 0.29) is 0 Å². The summed E-state index contributed by atoms with van der Waals surface area (Å²) in [6, 6.07) is 1.71. The van der Waals surface area contributed by atoms with Crippen LogP contribution in [0.3, 0.4) is 0 Å². The van der Waals surface area contributed by atoms with Crippen LogP contribution in [0.4, 0.5) is 0 Å². The van der Waals surface area contributed by atoms with Gasteiger partial charge in [-0.2, -0.15) is 11.8 Å². The van der Waals surface area contributed by atoms with Crippen molar-refractivity contribution in [2.24, 2.45) is 0 Å². The van der Waals surface area contributed by atoms with Crippen molar-refractivity contribution in [1.29, 1.82) is 0 Å². The maximum Gasteiger partial charge on any atom is 0.0207 e. The summed E-state index contributed by atoms with van der Waals surface area (Å²) >= 11 is 1.96. The summed E-state index contributed by atoms with van der Waals surface area (Å²) in [6.07, 6.45) is 6.22. The molecule has 1 saturated heterocycles. The van der Waals surface area contributed by atoms with Crippen molar-refractivity contribution in [1.82, 2.24) is 10.2 Å². The molecule has 1 heterocycles. The Hall–Kier alpha value is 0.01000. The average molecular weight is 226 g/mol. The van der Waals surface area contributed by atoms with E-state index in [4.69, 9.17) is 0 Å². The summed E-state index contributed by atoms with van der Waals surface area (Å²) in [6.45, 7) is 7.49. The highest BCUT2D eigenvalue weighted by Crippen LogP contribution is 2.29. The molecule has 1 saturated carbocycles. The van der Waals surface area contributed by atoms with Crippen molar-refractivity contribution < 1.29 is 0 Å². The monoisotopic (exact) mass is 226 g/mol. The molecular formula is C12H22N2S. The number of hydrogen-bond donors (Lipinski definition) is 1. The second-order valence-electron chi connectivity index (χ2n) is 4.53. The number of nitrogens with zero attached hydrogens (tertiary/aromatic N) is 1. The first kappa shape index (κ1) is 11.5. The van der Waals surface area contributed by atoms with Gasteiger partial charge >= 0.3 is 0 Å². The molecule has 1 N–H and O–H groups in total. The van der Waals surface area contributed by atoms with Gasteiger partial charge in [-0.3, -0.25) is 4.90 Å². The normalized spacial score (nSPS) is 27.1. The van der Waals surface area contributed by atoms with Crippen molar-refractivity contribution in [3.05, 3.63) is 12.7 Å². The van der Waals surface area contributed by atoms with E-state index in [1.807, 2.05) is 17.8 Å². The van der Waals surface area contributed by atoms with Gasteiger partial charge in [-0.15, -0.1) is 6.58 Å². The molecule has 0 radical (unpaired) electrons. The first-order chi connectivity index (χ1) is 7.40. The van der Waals surface area contributed by atoms with Crippen LogP contribution in [0.2, 0.25) is 0 Å². The van der Waals surface area contributed by atoms with Gasteiger partial charge in [0.2, 0.25) is 0 Å². The van der Waals surface area contributed by atoms with E-state index >= 15 is 0 Å². The quantitative estimate of drug-likeness (QED) is 0.526. The molecule has 2 nitrogen and oxygen atoms in total. The van der Waals surface area contributed by atoms with Gasteiger partial charge in [0.25, 0.3) is 0 Å². The topological polar surface area (TPSA) is 15.3 Å². The minimum Gasteiger partial charge on any atom is -0.312 e. The number of hydrogen-bond acceptors (Lipinski definition) is 3. The molecule has 0 spiro atoms. The van der Waals surface area contributed by atoms with Crippen LogP contribution in [-0.2, 0) is 0 Å². The lowest BCUT2D eigenvalue weighted by atomic mass is 10.3. The summed E-state index contributed by atoms with van der Waals surface area (Å²) in [5.41, 5.74) is 0. The molecule has 0 aromatic rings. The largest absolute Gasteiger partial charge is 0.312 e. The molecule has 86 valence electrons.